The number of carbonyl (C=O) groups excluding carboxylic acids is 1. The van der Waals surface area contributed by atoms with Crippen molar-refractivity contribution in [3.8, 4) is 0 Å². The van der Waals surface area contributed by atoms with E-state index in [2.05, 4.69) is 29.2 Å². The van der Waals surface area contributed by atoms with Gasteiger partial charge in [-0.25, -0.2) is 4.98 Å². The molecule has 1 amide bonds. The van der Waals surface area contributed by atoms with Gasteiger partial charge in [-0.3, -0.25) is 4.79 Å². The molecule has 1 N–H and O–H groups in total. The van der Waals surface area contributed by atoms with Crippen LogP contribution in [0.3, 0.4) is 0 Å². The molecular formula is C18H22N2O3. The summed E-state index contributed by atoms with van der Waals surface area (Å²) in [5.74, 6) is 0.0869. The molecule has 5 nitrogen and oxygen atoms in total. The third kappa shape index (κ3) is 3.29. The van der Waals surface area contributed by atoms with E-state index in [1.807, 2.05) is 6.92 Å². The number of hydrogen-bond acceptors (Lipinski definition) is 4. The van der Waals surface area contributed by atoms with E-state index < -0.39 is 6.10 Å². The summed E-state index contributed by atoms with van der Waals surface area (Å²) in [5, 5.41) is 10.4. The number of aliphatic hydroxyl groups excluding tert-OH is 1. The molecule has 0 spiro atoms. The normalized spacial score (nSPS) is 21.4. The van der Waals surface area contributed by atoms with E-state index in [1.165, 1.54) is 12.0 Å². The summed E-state index contributed by atoms with van der Waals surface area (Å²) in [6.07, 6.45) is 2.93. The fourth-order valence-electron chi connectivity index (χ4n) is 3.14. The maximum Gasteiger partial charge on any atom is 0.291 e. The maximum atomic E-state index is 12.8. The van der Waals surface area contributed by atoms with Gasteiger partial charge in [0.1, 0.15) is 0 Å². The Morgan fingerprint density at radius 3 is 2.74 bits per heavy atom. The Bertz CT molecular complexity index is 678. The molecule has 1 saturated heterocycles. The number of aliphatic hydroxyl groups is 1. The quantitative estimate of drug-likeness (QED) is 0.945. The number of rotatable bonds is 3. The number of carbonyl (C=O) groups is 1. The Morgan fingerprint density at radius 2 is 2.09 bits per heavy atom. The van der Waals surface area contributed by atoms with Crippen LogP contribution >= 0.6 is 0 Å². The summed E-state index contributed by atoms with van der Waals surface area (Å²) < 4.78 is 5.24. The molecule has 2 aromatic rings. The largest absolute Gasteiger partial charge is 0.438 e. The summed E-state index contributed by atoms with van der Waals surface area (Å²) in [6, 6.07) is 7.98. The zero-order valence-corrected chi connectivity index (χ0v) is 13.5. The Labute approximate surface area is 135 Å². The Hall–Kier alpha value is -2.14. The molecule has 122 valence electrons. The van der Waals surface area contributed by atoms with Gasteiger partial charge in [-0.2, -0.15) is 0 Å². The number of benzene rings is 1. The van der Waals surface area contributed by atoms with E-state index in [0.717, 1.165) is 18.4 Å². The fourth-order valence-corrected chi connectivity index (χ4v) is 3.14. The molecule has 2 heterocycles. The zero-order chi connectivity index (χ0) is 16.4. The van der Waals surface area contributed by atoms with Crippen LogP contribution in [0.15, 0.2) is 35.1 Å². The summed E-state index contributed by atoms with van der Waals surface area (Å²) in [4.78, 5) is 18.5. The first kappa shape index (κ1) is 15.7. The second kappa shape index (κ2) is 6.54. The Balaban J connectivity index is 1.83. The van der Waals surface area contributed by atoms with Crippen molar-refractivity contribution >= 4 is 5.91 Å². The Morgan fingerprint density at radius 1 is 1.35 bits per heavy atom. The van der Waals surface area contributed by atoms with Crippen molar-refractivity contribution in [2.45, 2.75) is 45.3 Å². The van der Waals surface area contributed by atoms with Gasteiger partial charge in [0.05, 0.1) is 17.8 Å². The lowest BCUT2D eigenvalue weighted by atomic mass is 9.92. The third-order valence-corrected chi connectivity index (χ3v) is 4.51. The minimum absolute atomic E-state index is 0.184. The summed E-state index contributed by atoms with van der Waals surface area (Å²) in [7, 11) is 0. The minimum atomic E-state index is -0.516. The van der Waals surface area contributed by atoms with Crippen LogP contribution in [0.5, 0.6) is 0 Å². The highest BCUT2D eigenvalue weighted by molar-refractivity contribution is 5.92. The van der Waals surface area contributed by atoms with Crippen LogP contribution in [0.2, 0.25) is 0 Å². The molecule has 1 fully saturated rings. The maximum absolute atomic E-state index is 12.8. The van der Waals surface area contributed by atoms with Crippen molar-refractivity contribution in [3.63, 3.8) is 0 Å². The van der Waals surface area contributed by atoms with Gasteiger partial charge < -0.3 is 14.4 Å². The van der Waals surface area contributed by atoms with Crippen molar-refractivity contribution < 1.29 is 14.3 Å². The van der Waals surface area contributed by atoms with Crippen LogP contribution in [-0.2, 0) is 6.42 Å². The molecule has 23 heavy (non-hydrogen) atoms. The van der Waals surface area contributed by atoms with Gasteiger partial charge in [0.2, 0.25) is 5.76 Å². The summed E-state index contributed by atoms with van der Waals surface area (Å²) >= 11 is 0. The van der Waals surface area contributed by atoms with Crippen molar-refractivity contribution in [1.82, 2.24) is 9.88 Å². The predicted octanol–water partition coefficient (Wildman–Crippen LogP) is 2.50. The molecule has 0 aliphatic carbocycles. The van der Waals surface area contributed by atoms with Crippen molar-refractivity contribution in [2.75, 3.05) is 6.54 Å². The first-order valence-corrected chi connectivity index (χ1v) is 8.01. The van der Waals surface area contributed by atoms with Gasteiger partial charge in [-0.15, -0.1) is 0 Å². The predicted molar refractivity (Wildman–Crippen MR) is 86.2 cm³/mol. The van der Waals surface area contributed by atoms with E-state index in [0.29, 0.717) is 18.7 Å². The summed E-state index contributed by atoms with van der Waals surface area (Å²) in [6.45, 7) is 4.43. The molecule has 0 saturated carbocycles. The second-order valence-corrected chi connectivity index (χ2v) is 6.23. The summed E-state index contributed by atoms with van der Waals surface area (Å²) in [5.41, 5.74) is 2.90. The van der Waals surface area contributed by atoms with E-state index in [1.54, 1.807) is 11.8 Å². The van der Waals surface area contributed by atoms with Gasteiger partial charge in [-0.05, 0) is 38.7 Å². The number of aromatic nitrogens is 1. The number of oxazole rings is 1. The average molecular weight is 314 g/mol. The topological polar surface area (TPSA) is 66.6 Å². The smallest absolute Gasteiger partial charge is 0.291 e. The number of aryl methyl sites for hydroxylation is 2. The van der Waals surface area contributed by atoms with Gasteiger partial charge in [-0.1, -0.05) is 29.8 Å². The van der Waals surface area contributed by atoms with E-state index in [-0.39, 0.29) is 17.7 Å². The van der Waals surface area contributed by atoms with Crippen molar-refractivity contribution in [1.29, 1.82) is 0 Å². The van der Waals surface area contributed by atoms with Crippen LogP contribution < -0.4 is 0 Å². The lowest BCUT2D eigenvalue weighted by Crippen LogP contribution is -2.52. The first-order valence-electron chi connectivity index (χ1n) is 8.01. The first-order chi connectivity index (χ1) is 11.1. The number of amides is 1. The van der Waals surface area contributed by atoms with Gasteiger partial charge in [0.25, 0.3) is 5.91 Å². The lowest BCUT2D eigenvalue weighted by molar-refractivity contribution is 0.00995. The SMILES string of the molecule is Cc1ccc(C[C@H]2[C@@H](O)CCCN2C(=O)c2ocnc2C)cc1. The van der Waals surface area contributed by atoms with Crippen molar-refractivity contribution in [3.05, 3.63) is 53.2 Å². The molecule has 0 unspecified atom stereocenters. The molecule has 2 atom stereocenters. The zero-order valence-electron chi connectivity index (χ0n) is 13.5. The van der Waals surface area contributed by atoms with E-state index in [9.17, 15) is 9.90 Å². The van der Waals surface area contributed by atoms with Gasteiger partial charge in [0.15, 0.2) is 6.39 Å². The third-order valence-electron chi connectivity index (χ3n) is 4.51. The number of piperidine rings is 1. The molecular weight excluding hydrogens is 292 g/mol. The molecule has 1 aromatic carbocycles. The van der Waals surface area contributed by atoms with Crippen LogP contribution in [0.4, 0.5) is 0 Å². The molecule has 1 aromatic heterocycles. The highest BCUT2D eigenvalue weighted by Crippen LogP contribution is 2.24. The lowest BCUT2D eigenvalue weighted by Gasteiger charge is -2.38. The fraction of sp³-hybridized carbons (Fsp3) is 0.444. The van der Waals surface area contributed by atoms with Crippen molar-refractivity contribution in [2.24, 2.45) is 0 Å². The minimum Gasteiger partial charge on any atom is -0.438 e. The molecule has 1 aliphatic rings. The molecule has 5 heteroatoms. The Kier molecular flexibility index (Phi) is 4.48. The second-order valence-electron chi connectivity index (χ2n) is 6.23. The number of likely N-dealkylation sites (tertiary alicyclic amines) is 1. The van der Waals surface area contributed by atoms with Crippen LogP contribution in [-0.4, -0.2) is 39.6 Å². The molecule has 3 rings (SSSR count). The molecule has 0 bridgehead atoms. The highest BCUT2D eigenvalue weighted by Gasteiger charge is 2.35. The number of hydrogen-bond donors (Lipinski definition) is 1. The number of nitrogens with zero attached hydrogens (tertiary/aromatic N) is 2. The van der Waals surface area contributed by atoms with Crippen LogP contribution in [0.1, 0.15) is 40.2 Å². The van der Waals surface area contributed by atoms with E-state index in [4.69, 9.17) is 4.42 Å². The highest BCUT2D eigenvalue weighted by atomic mass is 16.4. The molecule has 1 aliphatic heterocycles. The standard InChI is InChI=1S/C18H22N2O3/c1-12-5-7-14(8-6-12)10-15-16(21)4-3-9-20(15)18(22)17-13(2)19-11-23-17/h5-8,11,15-16,21H,3-4,9-10H2,1-2H3/t15-,16-/m0/s1. The van der Waals surface area contributed by atoms with E-state index >= 15 is 0 Å². The van der Waals surface area contributed by atoms with Gasteiger partial charge >= 0.3 is 0 Å². The molecule has 0 radical (unpaired) electrons. The van der Waals surface area contributed by atoms with Crippen LogP contribution in [0.25, 0.3) is 0 Å². The van der Waals surface area contributed by atoms with Crippen LogP contribution in [0, 0.1) is 13.8 Å². The van der Waals surface area contributed by atoms with Gasteiger partial charge in [0, 0.05) is 6.54 Å². The monoisotopic (exact) mass is 314 g/mol. The average Bonchev–Trinajstić information content (AvgIpc) is 2.97.